The third kappa shape index (κ3) is 3.74. The third-order valence-corrected chi connectivity index (χ3v) is 6.64. The molecule has 3 unspecified atom stereocenters. The minimum absolute atomic E-state index is 0.152. The molecule has 3 aliphatic rings. The summed E-state index contributed by atoms with van der Waals surface area (Å²) in [4.78, 5) is 14.7. The van der Waals surface area contributed by atoms with Gasteiger partial charge in [0.1, 0.15) is 5.82 Å². The summed E-state index contributed by atoms with van der Waals surface area (Å²) in [6.07, 6.45) is 7.06. The number of fused-ring (bicyclic) bond motifs is 1. The first kappa shape index (κ1) is 17.0. The molecule has 25 heavy (non-hydrogen) atoms. The van der Waals surface area contributed by atoms with Crippen molar-refractivity contribution < 1.29 is 9.18 Å². The molecular formula is C21H29FN2O. The summed E-state index contributed by atoms with van der Waals surface area (Å²) in [5.74, 6) is 2.45. The Morgan fingerprint density at radius 2 is 1.88 bits per heavy atom. The standard InChI is InChI=1S/C21H29FN2O/c22-18-8-6-15(7-9-18)19-12-17-13-24(14-20(17)19)11-10-23-21(25)16-4-2-1-3-5-16/h6-9,16-17,19-20H,1-5,10-14H2,(H,23,25). The highest BCUT2D eigenvalue weighted by molar-refractivity contribution is 5.78. The first-order valence-electron chi connectivity index (χ1n) is 9.96. The fourth-order valence-electron chi connectivity index (χ4n) is 5.12. The smallest absolute Gasteiger partial charge is 0.223 e. The minimum atomic E-state index is -0.152. The first-order chi connectivity index (χ1) is 12.2. The number of carbonyl (C=O) groups is 1. The maximum Gasteiger partial charge on any atom is 0.223 e. The van der Waals surface area contributed by atoms with Gasteiger partial charge in [0.05, 0.1) is 0 Å². The molecule has 0 spiro atoms. The van der Waals surface area contributed by atoms with Gasteiger partial charge in [-0.1, -0.05) is 31.4 Å². The van der Waals surface area contributed by atoms with Crippen molar-refractivity contribution >= 4 is 5.91 Å². The van der Waals surface area contributed by atoms with Crippen molar-refractivity contribution in [3.8, 4) is 0 Å². The quantitative estimate of drug-likeness (QED) is 0.886. The lowest BCUT2D eigenvalue weighted by Crippen LogP contribution is -2.37. The van der Waals surface area contributed by atoms with Gasteiger partial charge < -0.3 is 10.2 Å². The van der Waals surface area contributed by atoms with Gasteiger partial charge in [-0.05, 0) is 54.7 Å². The van der Waals surface area contributed by atoms with Gasteiger partial charge in [-0.15, -0.1) is 0 Å². The summed E-state index contributed by atoms with van der Waals surface area (Å²) in [6.45, 7) is 4.01. The second-order valence-corrected chi connectivity index (χ2v) is 8.20. The molecule has 3 nitrogen and oxygen atoms in total. The summed E-state index contributed by atoms with van der Waals surface area (Å²) >= 11 is 0. The van der Waals surface area contributed by atoms with Crippen LogP contribution in [0.5, 0.6) is 0 Å². The zero-order chi connectivity index (χ0) is 17.2. The largest absolute Gasteiger partial charge is 0.355 e. The lowest BCUT2D eigenvalue weighted by molar-refractivity contribution is -0.125. The Balaban J connectivity index is 1.21. The molecule has 136 valence electrons. The highest BCUT2D eigenvalue weighted by Gasteiger charge is 2.47. The second kappa shape index (κ2) is 7.45. The molecule has 1 aliphatic heterocycles. The van der Waals surface area contributed by atoms with E-state index in [1.807, 2.05) is 12.1 Å². The molecule has 3 fully saturated rings. The van der Waals surface area contributed by atoms with E-state index in [-0.39, 0.29) is 17.6 Å². The third-order valence-electron chi connectivity index (χ3n) is 6.64. The molecule has 0 bridgehead atoms. The van der Waals surface area contributed by atoms with Crippen molar-refractivity contribution in [3.05, 3.63) is 35.6 Å². The normalized spacial score (nSPS) is 29.9. The Bertz CT molecular complexity index is 596. The lowest BCUT2D eigenvalue weighted by Gasteiger charge is -2.40. The number of hydrogen-bond acceptors (Lipinski definition) is 2. The Morgan fingerprint density at radius 1 is 1.12 bits per heavy atom. The maximum atomic E-state index is 13.1. The molecule has 4 heteroatoms. The van der Waals surface area contributed by atoms with Gasteiger partial charge in [-0.3, -0.25) is 4.79 Å². The molecule has 0 radical (unpaired) electrons. The van der Waals surface area contributed by atoms with E-state index in [0.29, 0.717) is 11.8 Å². The van der Waals surface area contributed by atoms with Crippen LogP contribution in [0.1, 0.15) is 50.0 Å². The SMILES string of the molecule is O=C(NCCN1CC2CC(c3ccc(F)cc3)C2C1)C1CCCCC1. The van der Waals surface area contributed by atoms with Crippen LogP contribution in [0.4, 0.5) is 4.39 Å². The van der Waals surface area contributed by atoms with Crippen molar-refractivity contribution in [1.29, 1.82) is 0 Å². The molecule has 4 rings (SSSR count). The number of rotatable bonds is 5. The average molecular weight is 344 g/mol. The van der Waals surface area contributed by atoms with E-state index in [1.165, 1.54) is 31.2 Å². The van der Waals surface area contributed by atoms with Gasteiger partial charge in [0, 0.05) is 32.1 Å². The Labute approximate surface area is 150 Å². The zero-order valence-electron chi connectivity index (χ0n) is 14.9. The van der Waals surface area contributed by atoms with Crippen LogP contribution in [0.25, 0.3) is 0 Å². The zero-order valence-corrected chi connectivity index (χ0v) is 14.9. The molecule has 0 aromatic heterocycles. The number of carbonyl (C=O) groups excluding carboxylic acids is 1. The predicted molar refractivity (Wildman–Crippen MR) is 96.8 cm³/mol. The van der Waals surface area contributed by atoms with Crippen LogP contribution >= 0.6 is 0 Å². The number of benzene rings is 1. The number of likely N-dealkylation sites (tertiary alicyclic amines) is 1. The fraction of sp³-hybridized carbons (Fsp3) is 0.667. The number of hydrogen-bond donors (Lipinski definition) is 1. The molecule has 1 N–H and O–H groups in total. The first-order valence-corrected chi connectivity index (χ1v) is 9.96. The van der Waals surface area contributed by atoms with Crippen LogP contribution in [-0.2, 0) is 4.79 Å². The van der Waals surface area contributed by atoms with E-state index < -0.39 is 0 Å². The van der Waals surface area contributed by atoms with Crippen LogP contribution in [-0.4, -0.2) is 37.0 Å². The van der Waals surface area contributed by atoms with Gasteiger partial charge in [0.25, 0.3) is 0 Å². The molecule has 1 amide bonds. The van der Waals surface area contributed by atoms with Crippen molar-refractivity contribution in [3.63, 3.8) is 0 Å². The summed E-state index contributed by atoms with van der Waals surface area (Å²) in [7, 11) is 0. The van der Waals surface area contributed by atoms with Gasteiger partial charge in [-0.2, -0.15) is 0 Å². The monoisotopic (exact) mass is 344 g/mol. The van der Waals surface area contributed by atoms with E-state index >= 15 is 0 Å². The average Bonchev–Trinajstić information content (AvgIpc) is 2.94. The van der Waals surface area contributed by atoms with Crippen LogP contribution in [0.15, 0.2) is 24.3 Å². The summed E-state index contributed by atoms with van der Waals surface area (Å²) < 4.78 is 13.1. The summed E-state index contributed by atoms with van der Waals surface area (Å²) in [6, 6.07) is 7.05. The van der Waals surface area contributed by atoms with Crippen LogP contribution < -0.4 is 5.32 Å². The Kier molecular flexibility index (Phi) is 5.07. The number of halogens is 1. The van der Waals surface area contributed by atoms with Crippen LogP contribution in [0.2, 0.25) is 0 Å². The van der Waals surface area contributed by atoms with E-state index in [1.54, 1.807) is 12.1 Å². The van der Waals surface area contributed by atoms with Gasteiger partial charge >= 0.3 is 0 Å². The Hall–Kier alpha value is -1.42. The number of nitrogens with zero attached hydrogens (tertiary/aromatic N) is 1. The lowest BCUT2D eigenvalue weighted by atomic mass is 9.64. The predicted octanol–water partition coefficient (Wildman–Crippen LogP) is 3.56. The molecule has 1 aromatic rings. The van der Waals surface area contributed by atoms with Crippen molar-refractivity contribution in [2.45, 2.75) is 44.4 Å². The molecule has 1 aromatic carbocycles. The number of nitrogens with one attached hydrogen (secondary N) is 1. The summed E-state index contributed by atoms with van der Waals surface area (Å²) in [5, 5.41) is 3.16. The van der Waals surface area contributed by atoms with E-state index in [2.05, 4.69) is 10.2 Å². The van der Waals surface area contributed by atoms with Crippen molar-refractivity contribution in [1.82, 2.24) is 10.2 Å². The molecule has 2 aliphatic carbocycles. The van der Waals surface area contributed by atoms with Gasteiger partial charge in [-0.25, -0.2) is 4.39 Å². The molecule has 2 saturated carbocycles. The molecule has 3 atom stereocenters. The van der Waals surface area contributed by atoms with E-state index in [0.717, 1.165) is 44.9 Å². The highest BCUT2D eigenvalue weighted by atomic mass is 19.1. The highest BCUT2D eigenvalue weighted by Crippen LogP contribution is 2.51. The van der Waals surface area contributed by atoms with Crippen LogP contribution in [0, 0.1) is 23.6 Å². The molecular weight excluding hydrogens is 315 g/mol. The molecule has 1 heterocycles. The fourth-order valence-corrected chi connectivity index (χ4v) is 5.12. The number of amides is 1. The van der Waals surface area contributed by atoms with E-state index in [9.17, 15) is 9.18 Å². The van der Waals surface area contributed by atoms with Gasteiger partial charge in [0.2, 0.25) is 5.91 Å². The second-order valence-electron chi connectivity index (χ2n) is 8.20. The minimum Gasteiger partial charge on any atom is -0.355 e. The summed E-state index contributed by atoms with van der Waals surface area (Å²) in [5.41, 5.74) is 1.29. The van der Waals surface area contributed by atoms with Crippen LogP contribution in [0.3, 0.4) is 0 Å². The van der Waals surface area contributed by atoms with E-state index in [4.69, 9.17) is 0 Å². The van der Waals surface area contributed by atoms with Crippen molar-refractivity contribution in [2.75, 3.05) is 26.2 Å². The molecule has 1 saturated heterocycles. The Morgan fingerprint density at radius 3 is 2.64 bits per heavy atom. The topological polar surface area (TPSA) is 32.3 Å². The maximum absolute atomic E-state index is 13.1. The van der Waals surface area contributed by atoms with Gasteiger partial charge in [0.15, 0.2) is 0 Å². The van der Waals surface area contributed by atoms with Crippen molar-refractivity contribution in [2.24, 2.45) is 17.8 Å².